The topological polar surface area (TPSA) is 279 Å². The average Bonchev–Trinajstić information content (AvgIpc) is 3.72. The summed E-state index contributed by atoms with van der Waals surface area (Å²) in [6.07, 6.45) is -10.7. The molecule has 0 aromatic carbocycles. The van der Waals surface area contributed by atoms with Gasteiger partial charge in [-0.1, -0.05) is 10.4 Å². The number of nitrogens with one attached hydrogen (secondary N) is 1. The standard InChI is InChI=1S/C18H20F2N12O8P2S2/c19-6-4(1-33)38-17(32-14-9(28-30-32)15(34)26-18(22)25-14)11(6)42(36,44)37-2-5-10(40-41(35)43)7(20)16(39-5)31-13-8(27-29-31)12(21)23-3-24-13/h3-7,10-11,16-17,33H,1-2H2,(H6-,21,22,23,24,25,26,29,30,34,35,36,43,44)/p+1. The van der Waals surface area contributed by atoms with Crippen molar-refractivity contribution in [2.75, 3.05) is 24.7 Å². The smallest absolute Gasteiger partial charge is 0.394 e. The Morgan fingerprint density at radius 3 is 2.50 bits per heavy atom. The van der Waals surface area contributed by atoms with Crippen LogP contribution >= 0.6 is 26.0 Å². The molecule has 2 saturated heterocycles. The van der Waals surface area contributed by atoms with E-state index in [1.807, 2.05) is 0 Å². The second-order valence-corrected chi connectivity index (χ2v) is 14.7. The number of anilines is 2. The third-order valence-corrected chi connectivity index (χ3v) is 10.4. The number of halogens is 2. The van der Waals surface area contributed by atoms with Crippen molar-refractivity contribution in [3.8, 4) is 0 Å². The number of thiol groups is 1. The van der Waals surface area contributed by atoms with Gasteiger partial charge in [-0.2, -0.15) is 14.3 Å². The molecule has 4 aromatic rings. The van der Waals surface area contributed by atoms with E-state index in [1.54, 1.807) is 0 Å². The van der Waals surface area contributed by atoms with Crippen LogP contribution in [0.3, 0.4) is 0 Å². The van der Waals surface area contributed by atoms with Crippen molar-refractivity contribution < 1.29 is 41.9 Å². The first-order valence-electron chi connectivity index (χ1n) is 12.3. The van der Waals surface area contributed by atoms with Crippen molar-refractivity contribution in [2.45, 2.75) is 48.8 Å². The van der Waals surface area contributed by atoms with Gasteiger partial charge >= 0.3 is 7.23 Å². The Kier molecular flexibility index (Phi) is 8.32. The van der Waals surface area contributed by atoms with E-state index in [4.69, 9.17) is 41.8 Å². The molecule has 7 N–H and O–H groups in total. The number of alkyl halides is 2. The van der Waals surface area contributed by atoms with Crippen LogP contribution in [0.15, 0.2) is 11.1 Å². The highest BCUT2D eigenvalue weighted by molar-refractivity contribution is 8.39. The minimum absolute atomic E-state index is 0.0161. The maximum Gasteiger partial charge on any atom is 0.582 e. The lowest BCUT2D eigenvalue weighted by molar-refractivity contribution is -0.0458. The third kappa shape index (κ3) is 5.33. The van der Waals surface area contributed by atoms with Crippen molar-refractivity contribution in [1.82, 2.24) is 49.9 Å². The van der Waals surface area contributed by atoms with Crippen LogP contribution in [0.2, 0.25) is 0 Å². The van der Waals surface area contributed by atoms with Crippen LogP contribution in [0.5, 0.6) is 0 Å². The zero-order valence-corrected chi connectivity index (χ0v) is 25.1. The van der Waals surface area contributed by atoms with Crippen LogP contribution in [0.4, 0.5) is 20.5 Å². The Morgan fingerprint density at radius 2 is 1.80 bits per heavy atom. The largest absolute Gasteiger partial charge is 0.582 e. The normalized spacial score (nSPS) is 30.7. The summed E-state index contributed by atoms with van der Waals surface area (Å²) in [7, 11) is -2.67. The van der Waals surface area contributed by atoms with Gasteiger partial charge < -0.3 is 35.5 Å². The van der Waals surface area contributed by atoms with E-state index in [1.165, 1.54) is 0 Å². The maximum absolute atomic E-state index is 15.7. The summed E-state index contributed by atoms with van der Waals surface area (Å²) in [4.78, 5) is 37.6. The van der Waals surface area contributed by atoms with Gasteiger partial charge in [-0.05, 0) is 16.4 Å². The van der Waals surface area contributed by atoms with Gasteiger partial charge in [0.2, 0.25) is 5.95 Å². The summed E-state index contributed by atoms with van der Waals surface area (Å²) in [5.74, 6) is -0.341. The van der Waals surface area contributed by atoms with E-state index >= 15 is 8.78 Å². The van der Waals surface area contributed by atoms with Crippen LogP contribution in [-0.4, -0.2) is 109 Å². The number of aliphatic hydroxyl groups excluding tert-OH is 1. The SMILES string of the molecule is Nc1nc2c(nnn2C2OC(CO)C(F)C2P(O)(=S)OCC2OC(n3nnc4c(N)ncnc43)C(F)C2O[P+](=O)S)c(=O)[nH]1. The number of hydrogen-bond donors (Lipinski definition) is 6. The zero-order valence-electron chi connectivity index (χ0n) is 21.6. The fraction of sp³-hybridized carbons (Fsp3) is 0.556. The summed E-state index contributed by atoms with van der Waals surface area (Å²) in [5, 5.41) is 24.9. The van der Waals surface area contributed by atoms with E-state index in [-0.39, 0.29) is 34.1 Å². The van der Waals surface area contributed by atoms with Gasteiger partial charge in [0.1, 0.15) is 42.6 Å². The van der Waals surface area contributed by atoms with E-state index in [2.05, 4.69) is 52.8 Å². The summed E-state index contributed by atoms with van der Waals surface area (Å²) in [5.41, 5.74) is 8.53. The van der Waals surface area contributed by atoms with Gasteiger partial charge in [-0.15, -0.1) is 14.7 Å². The molecule has 10 unspecified atom stereocenters. The first-order valence-corrected chi connectivity index (χ1v) is 17.4. The Bertz CT molecular complexity index is 1850. The van der Waals surface area contributed by atoms with Crippen molar-refractivity contribution in [3.05, 3.63) is 16.7 Å². The molecule has 20 nitrogen and oxygen atoms in total. The van der Waals surface area contributed by atoms with Crippen molar-refractivity contribution in [1.29, 1.82) is 0 Å². The molecule has 44 heavy (non-hydrogen) atoms. The van der Waals surface area contributed by atoms with E-state index in [0.29, 0.717) is 0 Å². The lowest BCUT2D eigenvalue weighted by atomic mass is 10.1. The average molecular weight is 698 g/mol. The molecule has 0 saturated carbocycles. The highest BCUT2D eigenvalue weighted by Gasteiger charge is 2.56. The molecule has 26 heteroatoms. The van der Waals surface area contributed by atoms with Crippen molar-refractivity contribution in [3.63, 3.8) is 0 Å². The van der Waals surface area contributed by atoms with Crippen LogP contribution in [0.25, 0.3) is 22.3 Å². The number of aliphatic hydroxyl groups is 1. The van der Waals surface area contributed by atoms with E-state index < -0.39 is 81.3 Å². The molecule has 6 heterocycles. The fourth-order valence-corrected chi connectivity index (χ4v) is 8.14. The van der Waals surface area contributed by atoms with Gasteiger partial charge in [0.15, 0.2) is 59.4 Å². The summed E-state index contributed by atoms with van der Waals surface area (Å²) in [6, 6.07) is 0. The Hall–Kier alpha value is -2.92. The number of nitrogens with two attached hydrogens (primary N) is 2. The van der Waals surface area contributed by atoms with E-state index in [0.717, 1.165) is 15.7 Å². The van der Waals surface area contributed by atoms with Crippen LogP contribution < -0.4 is 17.0 Å². The first kappa shape index (κ1) is 31.1. The number of fused-ring (bicyclic) bond motifs is 2. The molecular formula is C18H21F2N12O8P2S2+. The minimum Gasteiger partial charge on any atom is -0.394 e. The van der Waals surface area contributed by atoms with Gasteiger partial charge in [0, 0.05) is 0 Å². The second kappa shape index (κ2) is 11.8. The molecule has 0 aliphatic carbocycles. The molecule has 236 valence electrons. The number of H-pyrrole nitrogens is 1. The minimum atomic E-state index is -4.34. The molecule has 6 rings (SSSR count). The molecule has 2 aliphatic rings. The van der Waals surface area contributed by atoms with Crippen molar-refractivity contribution in [2.24, 2.45) is 0 Å². The summed E-state index contributed by atoms with van der Waals surface area (Å²) in [6.45, 7) is -5.87. The number of aromatic nitrogens is 10. The fourth-order valence-electron chi connectivity index (χ4n) is 4.90. The lowest BCUT2D eigenvalue weighted by Crippen LogP contribution is -2.35. The number of nitrogen functional groups attached to an aromatic ring is 2. The Morgan fingerprint density at radius 1 is 1.11 bits per heavy atom. The highest BCUT2D eigenvalue weighted by atomic mass is 32.7. The lowest BCUT2D eigenvalue weighted by Gasteiger charge is -2.28. The molecule has 2 fully saturated rings. The predicted octanol–water partition coefficient (Wildman–Crippen LogP) is -0.963. The highest BCUT2D eigenvalue weighted by Crippen LogP contribution is 2.58. The molecule has 0 spiro atoms. The molecule has 10 atom stereocenters. The molecule has 0 bridgehead atoms. The first-order chi connectivity index (χ1) is 20.9. The molecule has 0 amide bonds. The van der Waals surface area contributed by atoms with Crippen LogP contribution in [0.1, 0.15) is 12.5 Å². The van der Waals surface area contributed by atoms with Crippen LogP contribution in [-0.2, 0) is 34.9 Å². The summed E-state index contributed by atoms with van der Waals surface area (Å²) < 4.78 is 67.2. The number of rotatable bonds is 9. The van der Waals surface area contributed by atoms with Gasteiger partial charge in [-0.25, -0.2) is 18.7 Å². The molecule has 4 aromatic heterocycles. The number of aromatic amines is 1. The maximum atomic E-state index is 15.7. The van der Waals surface area contributed by atoms with Crippen molar-refractivity contribution >= 4 is 71.9 Å². The summed E-state index contributed by atoms with van der Waals surface area (Å²) >= 11 is 9.02. The predicted molar refractivity (Wildman–Crippen MR) is 150 cm³/mol. The number of nitrogens with zero attached hydrogens (tertiary/aromatic N) is 9. The molecule has 2 aliphatic heterocycles. The number of hydrogen-bond acceptors (Lipinski definition) is 17. The molecule has 0 radical (unpaired) electrons. The molecular weight excluding hydrogens is 676 g/mol. The third-order valence-electron chi connectivity index (χ3n) is 6.87. The van der Waals surface area contributed by atoms with E-state index in [9.17, 15) is 19.4 Å². The second-order valence-electron chi connectivity index (χ2n) is 9.48. The Balaban J connectivity index is 1.29. The quantitative estimate of drug-likeness (QED) is 0.0907. The zero-order chi connectivity index (χ0) is 31.5. The van der Waals surface area contributed by atoms with Crippen LogP contribution in [0, 0.1) is 0 Å². The van der Waals surface area contributed by atoms with Gasteiger partial charge in [-0.3, -0.25) is 9.78 Å². The Labute approximate surface area is 253 Å². The number of ether oxygens (including phenoxy) is 2. The monoisotopic (exact) mass is 697 g/mol. The van der Waals surface area contributed by atoms with Gasteiger partial charge in [0.05, 0.1) is 13.2 Å². The van der Waals surface area contributed by atoms with Gasteiger partial charge in [0.25, 0.3) is 5.56 Å².